The Balaban J connectivity index is 0.000000181. The summed E-state index contributed by atoms with van der Waals surface area (Å²) in [6, 6.07) is 32.4. The number of benzene rings is 3. The highest BCUT2D eigenvalue weighted by Gasteiger charge is 2.40. The fourth-order valence-electron chi connectivity index (χ4n) is 10.4. The van der Waals surface area contributed by atoms with Gasteiger partial charge in [0.15, 0.2) is 5.82 Å². The lowest BCUT2D eigenvalue weighted by Gasteiger charge is -2.49. The molecule has 0 unspecified atom stereocenters. The first-order valence-corrected chi connectivity index (χ1v) is 22.8. The minimum Gasteiger partial charge on any atom is -0.507 e. The van der Waals surface area contributed by atoms with Crippen molar-refractivity contribution in [3.05, 3.63) is 127 Å². The predicted molar refractivity (Wildman–Crippen MR) is 261 cm³/mol. The van der Waals surface area contributed by atoms with Crippen LogP contribution >= 0.6 is 0 Å². The molecule has 0 amide bonds. The van der Waals surface area contributed by atoms with Crippen molar-refractivity contribution in [1.82, 2.24) is 46.2 Å². The number of pyridine rings is 1. The topological polar surface area (TPSA) is 150 Å². The van der Waals surface area contributed by atoms with Crippen molar-refractivity contribution in [2.75, 3.05) is 11.9 Å². The Labute approximate surface area is 383 Å². The Morgan fingerprint density at radius 3 is 1.95 bits per heavy atom. The van der Waals surface area contributed by atoms with Crippen LogP contribution in [0.4, 0.5) is 5.82 Å². The molecule has 0 saturated carbocycles. The molecule has 0 bridgehead atoms. The summed E-state index contributed by atoms with van der Waals surface area (Å²) in [5.74, 6) is 2.27. The Morgan fingerprint density at radius 1 is 0.646 bits per heavy atom. The molecule has 6 heterocycles. The molecular formula is C53H64N10O2. The lowest BCUT2D eigenvalue weighted by atomic mass is 9.74. The average Bonchev–Trinajstić information content (AvgIpc) is 3.80. The van der Waals surface area contributed by atoms with Gasteiger partial charge in [-0.1, -0.05) is 48.5 Å². The highest BCUT2D eigenvalue weighted by atomic mass is 16.5. The summed E-state index contributed by atoms with van der Waals surface area (Å²) < 4.78 is 5.93. The van der Waals surface area contributed by atoms with Crippen LogP contribution in [0.15, 0.2) is 116 Å². The average molecular weight is 873 g/mol. The van der Waals surface area contributed by atoms with Gasteiger partial charge in [-0.3, -0.25) is 5.10 Å². The summed E-state index contributed by atoms with van der Waals surface area (Å²) in [4.78, 5) is 6.74. The first-order valence-electron chi connectivity index (χ1n) is 22.8. The molecular weight excluding hydrogens is 809 g/mol. The first kappa shape index (κ1) is 45.3. The molecule has 2 aliphatic heterocycles. The third-order valence-electron chi connectivity index (χ3n) is 12.5. The van der Waals surface area contributed by atoms with Crippen LogP contribution in [0.1, 0.15) is 92.3 Å². The molecule has 338 valence electrons. The number of phenolic OH excluding ortho intramolecular Hbond substituents is 1. The van der Waals surface area contributed by atoms with Gasteiger partial charge in [-0.25, -0.2) is 4.98 Å². The molecule has 12 nitrogen and oxygen atoms in total. The first-order chi connectivity index (χ1) is 30.9. The van der Waals surface area contributed by atoms with Gasteiger partial charge < -0.3 is 25.4 Å². The zero-order valence-electron chi connectivity index (χ0n) is 39.4. The van der Waals surface area contributed by atoms with Gasteiger partial charge >= 0.3 is 0 Å². The number of anilines is 1. The lowest BCUT2D eigenvalue weighted by molar-refractivity contribution is 0.128. The van der Waals surface area contributed by atoms with Gasteiger partial charge in [0, 0.05) is 75.8 Å². The molecule has 4 aromatic heterocycles. The van der Waals surface area contributed by atoms with Gasteiger partial charge in [0.1, 0.15) is 12.4 Å². The van der Waals surface area contributed by atoms with Crippen molar-refractivity contribution >= 4 is 16.6 Å². The molecule has 0 spiro atoms. The van der Waals surface area contributed by atoms with Crippen molar-refractivity contribution in [3.8, 4) is 45.3 Å². The number of aromatic nitrogens is 7. The van der Waals surface area contributed by atoms with Gasteiger partial charge in [0.05, 0.1) is 23.3 Å². The van der Waals surface area contributed by atoms with Crippen molar-refractivity contribution in [2.45, 2.75) is 122 Å². The number of phenols is 1. The van der Waals surface area contributed by atoms with Crippen LogP contribution in [0.25, 0.3) is 44.4 Å². The third-order valence-corrected chi connectivity index (χ3v) is 12.5. The molecule has 9 rings (SSSR count). The Bertz CT molecular complexity index is 2650. The van der Waals surface area contributed by atoms with Crippen LogP contribution in [0.3, 0.4) is 0 Å². The molecule has 2 aliphatic rings. The van der Waals surface area contributed by atoms with E-state index in [-0.39, 0.29) is 27.9 Å². The van der Waals surface area contributed by atoms with Crippen LogP contribution in [-0.2, 0) is 13.0 Å². The smallest absolute Gasteiger partial charge is 0.214 e. The number of H-pyrrole nitrogens is 1. The second-order valence-electron chi connectivity index (χ2n) is 20.7. The van der Waals surface area contributed by atoms with Crippen LogP contribution in [0.5, 0.6) is 11.6 Å². The lowest BCUT2D eigenvalue weighted by Crippen LogP contribution is -2.62. The standard InChI is InChI=1S/C30H35N5O.C23H29N5O/c1-29(2)17-25(18-30(3,4)34-29)35(5)27-14-13-26(32-33-27)22-11-12-23-19-31-28(16-24(23)15-22)36-20-21-9-7-6-8-10-21;1-22(2)11-15(12-23(3,4)28-22)9-18-6-8-20(27-26-18)19-7-5-16(10-21(19)29)17-13-24-25-14-17/h6-16,19,25,34H,17-18,20H2,1-5H3;5-8,10,13-15,28-29H,9,11-12H2,1-4H3,(H,24,25). The molecule has 12 heteroatoms. The number of hydrogen-bond donors (Lipinski definition) is 4. The van der Waals surface area contributed by atoms with E-state index in [1.807, 2.05) is 66.9 Å². The Hall–Kier alpha value is -6.24. The molecule has 0 aliphatic carbocycles. The van der Waals surface area contributed by atoms with E-state index < -0.39 is 0 Å². The maximum absolute atomic E-state index is 10.5. The minimum absolute atomic E-state index is 0.0810. The van der Waals surface area contributed by atoms with Crippen LogP contribution < -0.4 is 20.3 Å². The summed E-state index contributed by atoms with van der Waals surface area (Å²) in [5.41, 5.74) is 7.60. The largest absolute Gasteiger partial charge is 0.507 e. The molecule has 0 radical (unpaired) electrons. The predicted octanol–water partition coefficient (Wildman–Crippen LogP) is 10.4. The summed E-state index contributed by atoms with van der Waals surface area (Å²) in [5, 5.41) is 44.9. The van der Waals surface area contributed by atoms with E-state index in [1.165, 1.54) is 0 Å². The van der Waals surface area contributed by atoms with E-state index in [2.05, 4.69) is 144 Å². The monoisotopic (exact) mass is 873 g/mol. The molecule has 2 saturated heterocycles. The van der Waals surface area contributed by atoms with E-state index in [0.717, 1.165) is 82.3 Å². The number of hydrogen-bond acceptors (Lipinski definition) is 11. The number of aromatic hydroxyl groups is 1. The van der Waals surface area contributed by atoms with Gasteiger partial charge in [-0.2, -0.15) is 15.3 Å². The van der Waals surface area contributed by atoms with E-state index in [9.17, 15) is 5.11 Å². The van der Waals surface area contributed by atoms with Crippen molar-refractivity contribution in [1.29, 1.82) is 0 Å². The van der Waals surface area contributed by atoms with Gasteiger partial charge in [0.25, 0.3) is 0 Å². The number of fused-ring (bicyclic) bond motifs is 1. The number of aromatic amines is 1. The number of nitrogens with zero attached hydrogens (tertiary/aromatic N) is 7. The van der Waals surface area contributed by atoms with E-state index in [1.54, 1.807) is 18.5 Å². The third kappa shape index (κ3) is 11.5. The summed E-state index contributed by atoms with van der Waals surface area (Å²) in [7, 11) is 2.13. The normalized spacial score (nSPS) is 17.8. The molecule has 3 aromatic carbocycles. The summed E-state index contributed by atoms with van der Waals surface area (Å²) in [6.07, 6.45) is 10.7. The van der Waals surface area contributed by atoms with Crippen molar-refractivity contribution in [3.63, 3.8) is 0 Å². The summed E-state index contributed by atoms with van der Waals surface area (Å²) >= 11 is 0. The highest BCUT2D eigenvalue weighted by Crippen LogP contribution is 2.37. The van der Waals surface area contributed by atoms with E-state index in [0.29, 0.717) is 35.7 Å². The maximum atomic E-state index is 10.5. The van der Waals surface area contributed by atoms with Crippen LogP contribution in [0, 0.1) is 5.92 Å². The number of nitrogens with one attached hydrogen (secondary N) is 3. The highest BCUT2D eigenvalue weighted by molar-refractivity contribution is 5.87. The fraction of sp³-hybridized carbons (Fsp3) is 0.396. The maximum Gasteiger partial charge on any atom is 0.214 e. The van der Waals surface area contributed by atoms with Gasteiger partial charge in [-0.15, -0.1) is 10.2 Å². The minimum atomic E-state index is 0.0810. The molecule has 0 atom stereocenters. The number of piperidine rings is 2. The zero-order valence-corrected chi connectivity index (χ0v) is 39.4. The zero-order chi connectivity index (χ0) is 46.0. The van der Waals surface area contributed by atoms with Gasteiger partial charge in [-0.05, 0) is 152 Å². The quantitative estimate of drug-likeness (QED) is 0.104. The molecule has 4 N–H and O–H groups in total. The molecule has 2 fully saturated rings. The molecule has 7 aromatic rings. The molecule has 65 heavy (non-hydrogen) atoms. The SMILES string of the molecule is CC1(C)CC(Cc2ccc(-c3ccc(-c4cn[nH]c4)cc3O)nn2)CC(C)(C)N1.CN(c1ccc(-c2ccc3cnc(OCc4ccccc4)cc3c2)nn1)C1CC(C)(C)NC(C)(C)C1. The second kappa shape index (κ2) is 18.3. The number of ether oxygens (including phenoxy) is 1. The van der Waals surface area contributed by atoms with Gasteiger partial charge in [0.2, 0.25) is 5.88 Å². The summed E-state index contributed by atoms with van der Waals surface area (Å²) in [6.45, 7) is 18.7. The number of rotatable bonds is 10. The Kier molecular flexibility index (Phi) is 12.8. The van der Waals surface area contributed by atoms with E-state index in [4.69, 9.17) is 4.74 Å². The van der Waals surface area contributed by atoms with E-state index >= 15 is 0 Å². The fourth-order valence-corrected chi connectivity index (χ4v) is 10.4. The van der Waals surface area contributed by atoms with Crippen LogP contribution in [0.2, 0.25) is 0 Å². The Morgan fingerprint density at radius 2 is 1.32 bits per heavy atom. The van der Waals surface area contributed by atoms with Crippen molar-refractivity contribution in [2.24, 2.45) is 5.92 Å². The van der Waals surface area contributed by atoms with Crippen LogP contribution in [-0.4, -0.2) is 75.9 Å². The van der Waals surface area contributed by atoms with Crippen molar-refractivity contribution < 1.29 is 9.84 Å². The second-order valence-corrected chi connectivity index (χ2v) is 20.7.